The lowest BCUT2D eigenvalue weighted by Gasteiger charge is -2.20. The van der Waals surface area contributed by atoms with Crippen LogP contribution in [0, 0.1) is 5.92 Å². The van der Waals surface area contributed by atoms with Gasteiger partial charge in [-0.2, -0.15) is 0 Å². The number of ether oxygens (including phenoxy) is 1. The summed E-state index contributed by atoms with van der Waals surface area (Å²) < 4.78 is 5.58. The fraction of sp³-hybridized carbons (Fsp3) is 0.833. The third-order valence-corrected chi connectivity index (χ3v) is 3.29. The van der Waals surface area contributed by atoms with Crippen LogP contribution < -0.4 is 16.0 Å². The van der Waals surface area contributed by atoms with Gasteiger partial charge >= 0.3 is 6.03 Å². The Kier molecular flexibility index (Phi) is 6.07. The molecular weight excluding hydrogens is 234 g/mol. The number of carbonyl (C=O) groups excluding carboxylic acids is 2. The number of imide groups is 1. The Hall–Kier alpha value is -1.14. The van der Waals surface area contributed by atoms with E-state index in [4.69, 9.17) is 4.74 Å². The van der Waals surface area contributed by atoms with Gasteiger partial charge in [-0.3, -0.25) is 10.1 Å². The number of amides is 3. The van der Waals surface area contributed by atoms with Crippen molar-refractivity contribution in [3.05, 3.63) is 0 Å². The van der Waals surface area contributed by atoms with E-state index in [0.29, 0.717) is 5.92 Å². The number of urea groups is 1. The van der Waals surface area contributed by atoms with Crippen LogP contribution in [0.3, 0.4) is 0 Å². The molecule has 3 amide bonds. The molecule has 1 saturated heterocycles. The summed E-state index contributed by atoms with van der Waals surface area (Å²) in [4.78, 5) is 22.6. The first kappa shape index (κ1) is 14.9. The van der Waals surface area contributed by atoms with Gasteiger partial charge in [-0.25, -0.2) is 4.79 Å². The van der Waals surface area contributed by atoms with Gasteiger partial charge in [0.15, 0.2) is 0 Å². The molecule has 1 aliphatic heterocycles. The quantitative estimate of drug-likeness (QED) is 0.659. The molecule has 0 radical (unpaired) electrons. The molecule has 3 atom stereocenters. The number of rotatable bonds is 5. The summed E-state index contributed by atoms with van der Waals surface area (Å²) in [6.45, 7) is 5.38. The zero-order valence-corrected chi connectivity index (χ0v) is 11.3. The summed E-state index contributed by atoms with van der Waals surface area (Å²) in [7, 11) is 1.47. The molecule has 6 heteroatoms. The molecule has 0 aliphatic carbocycles. The van der Waals surface area contributed by atoms with E-state index < -0.39 is 6.03 Å². The van der Waals surface area contributed by atoms with Crippen LogP contribution in [0.25, 0.3) is 0 Å². The van der Waals surface area contributed by atoms with Gasteiger partial charge < -0.3 is 15.4 Å². The number of carbonyl (C=O) groups is 2. The predicted octanol–water partition coefficient (Wildman–Crippen LogP) is 0.235. The Morgan fingerprint density at radius 3 is 2.78 bits per heavy atom. The second-order valence-electron chi connectivity index (χ2n) is 4.56. The molecule has 0 spiro atoms. The van der Waals surface area contributed by atoms with Gasteiger partial charge in [0.2, 0.25) is 5.91 Å². The third-order valence-electron chi connectivity index (χ3n) is 3.29. The van der Waals surface area contributed by atoms with Crippen LogP contribution >= 0.6 is 0 Å². The number of hydrogen-bond donors (Lipinski definition) is 3. The first-order chi connectivity index (χ1) is 8.58. The Bertz CT molecular complexity index is 296. The SMILES string of the molecule is CCC1OCCC1CNC(C)C(=O)NC(=O)NC. The van der Waals surface area contributed by atoms with Crippen molar-refractivity contribution in [2.24, 2.45) is 5.92 Å². The fourth-order valence-corrected chi connectivity index (χ4v) is 2.08. The molecule has 1 aliphatic rings. The van der Waals surface area contributed by atoms with Gasteiger partial charge in [0.25, 0.3) is 0 Å². The van der Waals surface area contributed by atoms with Gasteiger partial charge in [0, 0.05) is 20.2 Å². The first-order valence-corrected chi connectivity index (χ1v) is 6.46. The van der Waals surface area contributed by atoms with Crippen molar-refractivity contribution < 1.29 is 14.3 Å². The Balaban J connectivity index is 2.29. The lowest BCUT2D eigenvalue weighted by molar-refractivity contribution is -0.121. The average Bonchev–Trinajstić information content (AvgIpc) is 2.82. The molecule has 3 N–H and O–H groups in total. The van der Waals surface area contributed by atoms with E-state index in [2.05, 4.69) is 22.9 Å². The van der Waals surface area contributed by atoms with Crippen molar-refractivity contribution in [2.75, 3.05) is 20.2 Å². The molecule has 0 aromatic heterocycles. The average molecular weight is 257 g/mol. The Morgan fingerprint density at radius 2 is 2.17 bits per heavy atom. The first-order valence-electron chi connectivity index (χ1n) is 6.46. The van der Waals surface area contributed by atoms with Crippen LogP contribution in [-0.2, 0) is 9.53 Å². The second kappa shape index (κ2) is 7.33. The summed E-state index contributed by atoms with van der Waals surface area (Å²) >= 11 is 0. The van der Waals surface area contributed by atoms with Gasteiger partial charge in [-0.15, -0.1) is 0 Å². The smallest absolute Gasteiger partial charge is 0.321 e. The summed E-state index contributed by atoms with van der Waals surface area (Å²) in [5.41, 5.74) is 0. The molecule has 0 bridgehead atoms. The molecule has 0 aromatic carbocycles. The fourth-order valence-electron chi connectivity index (χ4n) is 2.08. The number of nitrogens with one attached hydrogen (secondary N) is 3. The predicted molar refractivity (Wildman–Crippen MR) is 68.2 cm³/mol. The van der Waals surface area contributed by atoms with Crippen molar-refractivity contribution in [1.29, 1.82) is 0 Å². The molecule has 6 nitrogen and oxygen atoms in total. The lowest BCUT2D eigenvalue weighted by Crippen LogP contribution is -2.48. The maximum atomic E-state index is 11.6. The third kappa shape index (κ3) is 4.27. The van der Waals surface area contributed by atoms with Crippen molar-refractivity contribution in [3.63, 3.8) is 0 Å². The molecular formula is C12H23N3O3. The Morgan fingerprint density at radius 1 is 1.44 bits per heavy atom. The van der Waals surface area contributed by atoms with E-state index in [1.807, 2.05) is 0 Å². The summed E-state index contributed by atoms with van der Waals surface area (Å²) in [5.74, 6) is 0.131. The highest BCUT2D eigenvalue weighted by Crippen LogP contribution is 2.22. The van der Waals surface area contributed by atoms with E-state index in [1.54, 1.807) is 6.92 Å². The van der Waals surface area contributed by atoms with Crippen LogP contribution in [0.2, 0.25) is 0 Å². The maximum Gasteiger partial charge on any atom is 0.321 e. The van der Waals surface area contributed by atoms with Crippen molar-refractivity contribution in [2.45, 2.75) is 38.8 Å². The van der Waals surface area contributed by atoms with E-state index in [0.717, 1.165) is 26.0 Å². The standard InChI is InChI=1S/C12H23N3O3/c1-4-10-9(5-6-18-10)7-14-8(2)11(16)15-12(17)13-3/h8-10,14H,4-7H2,1-3H3,(H2,13,15,16,17). The highest BCUT2D eigenvalue weighted by atomic mass is 16.5. The van der Waals surface area contributed by atoms with Crippen LogP contribution in [0.5, 0.6) is 0 Å². The minimum Gasteiger partial charge on any atom is -0.378 e. The minimum atomic E-state index is -0.482. The molecule has 3 unspecified atom stereocenters. The Labute approximate surface area is 108 Å². The van der Waals surface area contributed by atoms with Crippen molar-refractivity contribution in [1.82, 2.24) is 16.0 Å². The van der Waals surface area contributed by atoms with Crippen LogP contribution in [0.15, 0.2) is 0 Å². The van der Waals surface area contributed by atoms with E-state index in [1.165, 1.54) is 7.05 Å². The molecule has 0 saturated carbocycles. The summed E-state index contributed by atoms with van der Waals surface area (Å²) in [5, 5.41) is 7.74. The van der Waals surface area contributed by atoms with Gasteiger partial charge in [0.1, 0.15) is 0 Å². The number of hydrogen-bond acceptors (Lipinski definition) is 4. The summed E-state index contributed by atoms with van der Waals surface area (Å²) in [6.07, 6.45) is 2.30. The highest BCUT2D eigenvalue weighted by molar-refractivity contribution is 5.96. The normalized spacial score (nSPS) is 24.6. The molecule has 0 aromatic rings. The van der Waals surface area contributed by atoms with Gasteiger partial charge in [0.05, 0.1) is 12.1 Å². The van der Waals surface area contributed by atoms with E-state index >= 15 is 0 Å². The van der Waals surface area contributed by atoms with Crippen molar-refractivity contribution >= 4 is 11.9 Å². The zero-order valence-electron chi connectivity index (χ0n) is 11.3. The van der Waals surface area contributed by atoms with E-state index in [9.17, 15) is 9.59 Å². The van der Waals surface area contributed by atoms with Gasteiger partial charge in [-0.05, 0) is 25.7 Å². The largest absolute Gasteiger partial charge is 0.378 e. The minimum absolute atomic E-state index is 0.284. The monoisotopic (exact) mass is 257 g/mol. The second-order valence-corrected chi connectivity index (χ2v) is 4.56. The maximum absolute atomic E-state index is 11.6. The van der Waals surface area contributed by atoms with E-state index in [-0.39, 0.29) is 18.1 Å². The van der Waals surface area contributed by atoms with Crippen molar-refractivity contribution in [3.8, 4) is 0 Å². The topological polar surface area (TPSA) is 79.5 Å². The van der Waals surface area contributed by atoms with Crippen LogP contribution in [-0.4, -0.2) is 44.3 Å². The zero-order chi connectivity index (χ0) is 13.5. The van der Waals surface area contributed by atoms with Crippen LogP contribution in [0.1, 0.15) is 26.7 Å². The highest BCUT2D eigenvalue weighted by Gasteiger charge is 2.27. The molecule has 1 rings (SSSR count). The van der Waals surface area contributed by atoms with Crippen LogP contribution in [0.4, 0.5) is 4.79 Å². The molecule has 1 heterocycles. The molecule has 1 fully saturated rings. The van der Waals surface area contributed by atoms with Gasteiger partial charge in [-0.1, -0.05) is 6.92 Å². The summed E-state index contributed by atoms with van der Waals surface area (Å²) in [6, 6.07) is -0.871. The lowest BCUT2D eigenvalue weighted by atomic mass is 9.99. The molecule has 18 heavy (non-hydrogen) atoms. The molecule has 104 valence electrons.